The number of hydrogen-bond donors (Lipinski definition) is 2. The first kappa shape index (κ1) is 15.0. The molecule has 4 heteroatoms. The molecule has 1 aromatic carbocycles. The first-order valence-corrected chi connectivity index (χ1v) is 7.38. The number of carbonyl (C=O) groups is 1. The summed E-state index contributed by atoms with van der Waals surface area (Å²) in [5.74, 6) is 0.0994. The van der Waals surface area contributed by atoms with Crippen LogP contribution in [-0.4, -0.2) is 42.5 Å². The van der Waals surface area contributed by atoms with Crippen molar-refractivity contribution < 1.29 is 4.79 Å². The highest BCUT2D eigenvalue weighted by Gasteiger charge is 2.24. The van der Waals surface area contributed by atoms with Crippen LogP contribution in [0, 0.1) is 0 Å². The van der Waals surface area contributed by atoms with Gasteiger partial charge < -0.3 is 10.6 Å². The van der Waals surface area contributed by atoms with Crippen molar-refractivity contribution in [1.29, 1.82) is 0 Å². The number of piperazine rings is 1. The van der Waals surface area contributed by atoms with E-state index in [4.69, 9.17) is 0 Å². The lowest BCUT2D eigenvalue weighted by molar-refractivity contribution is -0.123. The summed E-state index contributed by atoms with van der Waals surface area (Å²) in [6, 6.07) is 11.0. The van der Waals surface area contributed by atoms with Gasteiger partial charge in [-0.15, -0.1) is 0 Å². The van der Waals surface area contributed by atoms with Crippen LogP contribution in [0.4, 0.5) is 0 Å². The minimum absolute atomic E-state index is 0.0549. The van der Waals surface area contributed by atoms with E-state index in [1.807, 2.05) is 37.3 Å². The molecule has 1 amide bonds. The fourth-order valence-electron chi connectivity index (χ4n) is 2.61. The Hall–Kier alpha value is -1.39. The van der Waals surface area contributed by atoms with Crippen LogP contribution in [0.1, 0.15) is 32.4 Å². The molecule has 4 nitrogen and oxygen atoms in total. The van der Waals surface area contributed by atoms with Gasteiger partial charge in [0, 0.05) is 25.2 Å². The first-order chi connectivity index (χ1) is 9.56. The number of carbonyl (C=O) groups excluding carboxylic acids is 1. The number of rotatable bonds is 4. The second kappa shape index (κ2) is 6.86. The van der Waals surface area contributed by atoms with Crippen LogP contribution in [0.5, 0.6) is 0 Å². The lowest BCUT2D eigenvalue weighted by atomic mass is 10.1. The quantitative estimate of drug-likeness (QED) is 0.876. The minimum Gasteiger partial charge on any atom is -0.348 e. The zero-order chi connectivity index (χ0) is 14.5. The monoisotopic (exact) mass is 275 g/mol. The van der Waals surface area contributed by atoms with E-state index < -0.39 is 0 Å². The number of hydrogen-bond acceptors (Lipinski definition) is 3. The Balaban J connectivity index is 1.86. The van der Waals surface area contributed by atoms with E-state index in [-0.39, 0.29) is 11.9 Å². The van der Waals surface area contributed by atoms with Gasteiger partial charge in [0.15, 0.2) is 0 Å². The van der Waals surface area contributed by atoms with Gasteiger partial charge in [-0.1, -0.05) is 30.3 Å². The predicted octanol–water partition coefficient (Wildman–Crippen LogP) is 1.55. The van der Waals surface area contributed by atoms with Crippen LogP contribution < -0.4 is 10.6 Å². The van der Waals surface area contributed by atoms with Crippen LogP contribution in [0.3, 0.4) is 0 Å². The third-order valence-corrected chi connectivity index (χ3v) is 3.92. The molecule has 0 spiro atoms. The average Bonchev–Trinajstić information content (AvgIpc) is 2.43. The second-order valence-corrected chi connectivity index (χ2v) is 5.79. The molecule has 1 aromatic rings. The second-order valence-electron chi connectivity index (χ2n) is 5.79. The molecule has 20 heavy (non-hydrogen) atoms. The Bertz CT molecular complexity index is 435. The molecular weight excluding hydrogens is 250 g/mol. The van der Waals surface area contributed by atoms with Crippen LogP contribution in [0.15, 0.2) is 30.3 Å². The van der Waals surface area contributed by atoms with Gasteiger partial charge in [0.05, 0.1) is 12.6 Å². The van der Waals surface area contributed by atoms with Crippen molar-refractivity contribution in [2.24, 2.45) is 0 Å². The molecule has 0 aromatic heterocycles. The first-order valence-electron chi connectivity index (χ1n) is 7.38. The van der Waals surface area contributed by atoms with Crippen molar-refractivity contribution in [2.45, 2.75) is 38.9 Å². The molecule has 1 fully saturated rings. The molecule has 0 aliphatic carbocycles. The summed E-state index contributed by atoms with van der Waals surface area (Å²) in [5, 5.41) is 6.51. The van der Waals surface area contributed by atoms with Crippen molar-refractivity contribution in [1.82, 2.24) is 15.5 Å². The van der Waals surface area contributed by atoms with E-state index in [0.717, 1.165) is 18.7 Å². The SMILES string of the molecule is CC1CN(CC(=O)NC(C)c2ccccc2)C(C)CN1. The third kappa shape index (κ3) is 4.05. The lowest BCUT2D eigenvalue weighted by Crippen LogP contribution is -2.56. The summed E-state index contributed by atoms with van der Waals surface area (Å²) in [6.07, 6.45) is 0. The molecule has 0 bridgehead atoms. The molecule has 1 aliphatic rings. The predicted molar refractivity (Wildman–Crippen MR) is 81.5 cm³/mol. The van der Waals surface area contributed by atoms with Crippen LogP contribution in [-0.2, 0) is 4.79 Å². The van der Waals surface area contributed by atoms with Gasteiger partial charge in [-0.3, -0.25) is 9.69 Å². The zero-order valence-electron chi connectivity index (χ0n) is 12.6. The molecule has 110 valence electrons. The Labute approximate surface area is 121 Å². The standard InChI is InChI=1S/C16H25N3O/c1-12-10-19(13(2)9-17-12)11-16(20)18-14(3)15-7-5-4-6-8-15/h4-8,12-14,17H,9-11H2,1-3H3,(H,18,20). The molecule has 1 saturated heterocycles. The fraction of sp³-hybridized carbons (Fsp3) is 0.562. The van der Waals surface area contributed by atoms with Crippen LogP contribution in [0.25, 0.3) is 0 Å². The maximum absolute atomic E-state index is 12.2. The van der Waals surface area contributed by atoms with Gasteiger partial charge in [0.1, 0.15) is 0 Å². The smallest absolute Gasteiger partial charge is 0.234 e. The summed E-state index contributed by atoms with van der Waals surface area (Å²) in [4.78, 5) is 14.4. The highest BCUT2D eigenvalue weighted by atomic mass is 16.2. The maximum atomic E-state index is 12.2. The normalized spacial score (nSPS) is 25.1. The van der Waals surface area contributed by atoms with E-state index in [1.165, 1.54) is 0 Å². The largest absolute Gasteiger partial charge is 0.348 e. The zero-order valence-corrected chi connectivity index (χ0v) is 12.6. The molecule has 1 heterocycles. The van der Waals surface area contributed by atoms with Crippen molar-refractivity contribution in [2.75, 3.05) is 19.6 Å². The van der Waals surface area contributed by atoms with Gasteiger partial charge in [0.25, 0.3) is 0 Å². The highest BCUT2D eigenvalue weighted by molar-refractivity contribution is 5.78. The van der Waals surface area contributed by atoms with Crippen LogP contribution >= 0.6 is 0 Å². The highest BCUT2D eigenvalue weighted by Crippen LogP contribution is 2.11. The van der Waals surface area contributed by atoms with E-state index in [0.29, 0.717) is 18.6 Å². The molecule has 0 saturated carbocycles. The summed E-state index contributed by atoms with van der Waals surface area (Å²) >= 11 is 0. The molecule has 2 rings (SSSR count). The van der Waals surface area contributed by atoms with E-state index in [2.05, 4.69) is 29.4 Å². The Morgan fingerprint density at radius 1 is 1.40 bits per heavy atom. The van der Waals surface area contributed by atoms with Crippen LogP contribution in [0.2, 0.25) is 0 Å². The number of nitrogens with one attached hydrogen (secondary N) is 2. The molecule has 0 radical (unpaired) electrons. The van der Waals surface area contributed by atoms with Crippen molar-refractivity contribution in [3.63, 3.8) is 0 Å². The number of nitrogens with zero attached hydrogens (tertiary/aromatic N) is 1. The van der Waals surface area contributed by atoms with Crippen molar-refractivity contribution in [3.8, 4) is 0 Å². The van der Waals surface area contributed by atoms with Gasteiger partial charge in [0.2, 0.25) is 5.91 Å². The molecule has 2 N–H and O–H groups in total. The van der Waals surface area contributed by atoms with E-state index in [9.17, 15) is 4.79 Å². The van der Waals surface area contributed by atoms with E-state index >= 15 is 0 Å². The molecular formula is C16H25N3O. The van der Waals surface area contributed by atoms with Crippen molar-refractivity contribution >= 4 is 5.91 Å². The molecule has 3 unspecified atom stereocenters. The third-order valence-electron chi connectivity index (χ3n) is 3.92. The van der Waals surface area contributed by atoms with Gasteiger partial charge in [-0.2, -0.15) is 0 Å². The minimum atomic E-state index is 0.0549. The lowest BCUT2D eigenvalue weighted by Gasteiger charge is -2.37. The summed E-state index contributed by atoms with van der Waals surface area (Å²) in [7, 11) is 0. The molecule has 3 atom stereocenters. The summed E-state index contributed by atoms with van der Waals surface area (Å²) < 4.78 is 0. The fourth-order valence-corrected chi connectivity index (χ4v) is 2.61. The maximum Gasteiger partial charge on any atom is 0.234 e. The van der Waals surface area contributed by atoms with Gasteiger partial charge in [-0.05, 0) is 26.3 Å². The topological polar surface area (TPSA) is 44.4 Å². The van der Waals surface area contributed by atoms with Gasteiger partial charge >= 0.3 is 0 Å². The molecule has 1 aliphatic heterocycles. The Morgan fingerprint density at radius 3 is 2.80 bits per heavy atom. The number of amides is 1. The average molecular weight is 275 g/mol. The van der Waals surface area contributed by atoms with E-state index in [1.54, 1.807) is 0 Å². The summed E-state index contributed by atoms with van der Waals surface area (Å²) in [6.45, 7) is 8.69. The Kier molecular flexibility index (Phi) is 5.15. The van der Waals surface area contributed by atoms with Gasteiger partial charge in [-0.25, -0.2) is 0 Å². The number of benzene rings is 1. The van der Waals surface area contributed by atoms with Crippen molar-refractivity contribution in [3.05, 3.63) is 35.9 Å². The Morgan fingerprint density at radius 2 is 2.10 bits per heavy atom. The summed E-state index contributed by atoms with van der Waals surface area (Å²) in [5.41, 5.74) is 1.14.